The number of hydrogen-bond donors (Lipinski definition) is 2. The van der Waals surface area contributed by atoms with E-state index in [1.807, 2.05) is 12.1 Å². The molecule has 0 atom stereocenters. The van der Waals surface area contributed by atoms with E-state index < -0.39 is 0 Å². The van der Waals surface area contributed by atoms with Crippen LogP contribution < -0.4 is 15.5 Å². The minimum Gasteiger partial charge on any atom is -0.353 e. The minimum atomic E-state index is 0.0777. The standard InChI is InChI=1S/C18H28N8O/c1-24-10-12-25(13-11-24)17-3-2-15-21-22-16(26(15)23-17)4-5-18(27)20-14-6-8-19-9-7-14/h2-3,14,19H,4-13H2,1H3,(H,20,27). The third kappa shape index (κ3) is 4.36. The number of amides is 1. The predicted octanol–water partition coefficient (Wildman–Crippen LogP) is -0.323. The van der Waals surface area contributed by atoms with Gasteiger partial charge in [0.1, 0.15) is 5.82 Å². The van der Waals surface area contributed by atoms with Crippen LogP contribution in [0.2, 0.25) is 0 Å². The molecule has 0 aromatic carbocycles. The van der Waals surface area contributed by atoms with Crippen LogP contribution in [0.15, 0.2) is 12.1 Å². The summed E-state index contributed by atoms with van der Waals surface area (Å²) in [4.78, 5) is 16.9. The Labute approximate surface area is 159 Å². The zero-order valence-electron chi connectivity index (χ0n) is 15.9. The highest BCUT2D eigenvalue weighted by molar-refractivity contribution is 5.76. The second-order valence-corrected chi connectivity index (χ2v) is 7.46. The molecule has 2 aliphatic rings. The summed E-state index contributed by atoms with van der Waals surface area (Å²) in [6.07, 6.45) is 2.94. The second-order valence-electron chi connectivity index (χ2n) is 7.46. The maximum absolute atomic E-state index is 12.3. The zero-order valence-corrected chi connectivity index (χ0v) is 15.9. The summed E-state index contributed by atoms with van der Waals surface area (Å²) < 4.78 is 1.78. The Bertz CT molecular complexity index is 777. The molecule has 0 bridgehead atoms. The zero-order chi connectivity index (χ0) is 18.6. The third-order valence-electron chi connectivity index (χ3n) is 5.42. The normalized spacial score (nSPS) is 19.5. The van der Waals surface area contributed by atoms with Gasteiger partial charge >= 0.3 is 0 Å². The number of nitrogens with zero attached hydrogens (tertiary/aromatic N) is 6. The maximum Gasteiger partial charge on any atom is 0.220 e. The average molecular weight is 372 g/mol. The molecule has 0 saturated carbocycles. The second kappa shape index (κ2) is 8.18. The number of anilines is 1. The number of fused-ring (bicyclic) bond motifs is 1. The lowest BCUT2D eigenvalue weighted by atomic mass is 10.1. The van der Waals surface area contributed by atoms with Gasteiger partial charge in [-0.2, -0.15) is 4.52 Å². The minimum absolute atomic E-state index is 0.0777. The molecule has 0 spiro atoms. The van der Waals surface area contributed by atoms with Gasteiger partial charge in [-0.15, -0.1) is 15.3 Å². The molecule has 9 nitrogen and oxygen atoms in total. The van der Waals surface area contributed by atoms with Crippen molar-refractivity contribution in [1.29, 1.82) is 0 Å². The van der Waals surface area contributed by atoms with Crippen LogP contribution in [0.4, 0.5) is 5.82 Å². The molecule has 2 N–H and O–H groups in total. The van der Waals surface area contributed by atoms with E-state index >= 15 is 0 Å². The molecular weight excluding hydrogens is 344 g/mol. The van der Waals surface area contributed by atoms with E-state index in [0.717, 1.165) is 69.4 Å². The first-order valence-electron chi connectivity index (χ1n) is 9.84. The van der Waals surface area contributed by atoms with Crippen LogP contribution in [0, 0.1) is 0 Å². The lowest BCUT2D eigenvalue weighted by molar-refractivity contribution is -0.121. The van der Waals surface area contributed by atoms with Crippen LogP contribution in [-0.4, -0.2) is 83.0 Å². The van der Waals surface area contributed by atoms with Crippen molar-refractivity contribution in [3.8, 4) is 0 Å². The van der Waals surface area contributed by atoms with E-state index in [0.29, 0.717) is 12.8 Å². The van der Waals surface area contributed by atoms with Crippen LogP contribution in [0.5, 0.6) is 0 Å². The first-order chi connectivity index (χ1) is 13.2. The third-order valence-corrected chi connectivity index (χ3v) is 5.42. The van der Waals surface area contributed by atoms with Gasteiger partial charge in [-0.1, -0.05) is 0 Å². The Morgan fingerprint density at radius 3 is 2.74 bits per heavy atom. The van der Waals surface area contributed by atoms with Gasteiger partial charge in [-0.3, -0.25) is 4.79 Å². The Kier molecular flexibility index (Phi) is 5.49. The molecule has 0 unspecified atom stereocenters. The van der Waals surface area contributed by atoms with Crippen LogP contribution in [0.3, 0.4) is 0 Å². The monoisotopic (exact) mass is 372 g/mol. The Morgan fingerprint density at radius 2 is 1.96 bits per heavy atom. The van der Waals surface area contributed by atoms with Crippen molar-refractivity contribution in [1.82, 2.24) is 35.3 Å². The van der Waals surface area contributed by atoms with Gasteiger partial charge < -0.3 is 20.4 Å². The van der Waals surface area contributed by atoms with Crippen LogP contribution >= 0.6 is 0 Å². The van der Waals surface area contributed by atoms with Crippen molar-refractivity contribution in [2.75, 3.05) is 51.2 Å². The van der Waals surface area contributed by atoms with Gasteiger partial charge in [-0.05, 0) is 45.1 Å². The lowest BCUT2D eigenvalue weighted by Crippen LogP contribution is -2.45. The van der Waals surface area contributed by atoms with E-state index in [1.54, 1.807) is 4.52 Å². The van der Waals surface area contributed by atoms with Crippen molar-refractivity contribution in [2.24, 2.45) is 0 Å². The first kappa shape index (κ1) is 18.1. The Hall–Kier alpha value is -2.26. The van der Waals surface area contributed by atoms with E-state index in [-0.39, 0.29) is 11.9 Å². The van der Waals surface area contributed by atoms with E-state index in [2.05, 4.69) is 37.7 Å². The first-order valence-corrected chi connectivity index (χ1v) is 9.84. The fourth-order valence-corrected chi connectivity index (χ4v) is 3.68. The topological polar surface area (TPSA) is 90.7 Å². The van der Waals surface area contributed by atoms with Crippen molar-refractivity contribution in [2.45, 2.75) is 31.7 Å². The largest absolute Gasteiger partial charge is 0.353 e. The summed E-state index contributed by atoms with van der Waals surface area (Å²) in [5.74, 6) is 1.76. The summed E-state index contributed by atoms with van der Waals surface area (Å²) in [5, 5.41) is 19.6. The molecule has 9 heteroatoms. The molecule has 2 fully saturated rings. The van der Waals surface area contributed by atoms with Crippen LogP contribution in [-0.2, 0) is 11.2 Å². The van der Waals surface area contributed by atoms with Crippen molar-refractivity contribution < 1.29 is 4.79 Å². The number of carbonyl (C=O) groups excluding carboxylic acids is 1. The Morgan fingerprint density at radius 1 is 1.19 bits per heavy atom. The smallest absolute Gasteiger partial charge is 0.220 e. The van der Waals surface area contributed by atoms with E-state index in [9.17, 15) is 4.79 Å². The fraction of sp³-hybridized carbons (Fsp3) is 0.667. The van der Waals surface area contributed by atoms with Crippen LogP contribution in [0.1, 0.15) is 25.1 Å². The highest BCUT2D eigenvalue weighted by atomic mass is 16.1. The van der Waals surface area contributed by atoms with Crippen molar-refractivity contribution in [3.05, 3.63) is 18.0 Å². The molecule has 4 rings (SSSR count). The number of hydrogen-bond acceptors (Lipinski definition) is 7. The lowest BCUT2D eigenvalue weighted by Gasteiger charge is -2.33. The quantitative estimate of drug-likeness (QED) is 0.743. The number of piperidine rings is 1. The van der Waals surface area contributed by atoms with Gasteiger partial charge in [0.05, 0.1) is 0 Å². The molecule has 146 valence electrons. The summed E-state index contributed by atoms with van der Waals surface area (Å²) in [7, 11) is 2.14. The summed E-state index contributed by atoms with van der Waals surface area (Å²) in [6, 6.07) is 4.24. The summed E-state index contributed by atoms with van der Waals surface area (Å²) in [6.45, 7) is 5.94. The predicted molar refractivity (Wildman–Crippen MR) is 103 cm³/mol. The molecule has 1 amide bonds. The number of piperazine rings is 1. The van der Waals surface area contributed by atoms with Gasteiger partial charge in [-0.25, -0.2) is 0 Å². The molecule has 0 aliphatic carbocycles. The van der Waals surface area contributed by atoms with E-state index in [1.165, 1.54) is 0 Å². The molecule has 2 aromatic rings. The maximum atomic E-state index is 12.3. The number of aryl methyl sites for hydroxylation is 1. The fourth-order valence-electron chi connectivity index (χ4n) is 3.68. The van der Waals surface area contributed by atoms with Gasteiger partial charge in [0, 0.05) is 45.1 Å². The average Bonchev–Trinajstić information content (AvgIpc) is 3.10. The summed E-state index contributed by atoms with van der Waals surface area (Å²) >= 11 is 0. The molecule has 2 saturated heterocycles. The number of aromatic nitrogens is 4. The summed E-state index contributed by atoms with van der Waals surface area (Å²) in [5.41, 5.74) is 0.724. The highest BCUT2D eigenvalue weighted by Crippen LogP contribution is 2.15. The van der Waals surface area contributed by atoms with Gasteiger partial charge in [0.25, 0.3) is 0 Å². The number of carbonyl (C=O) groups is 1. The van der Waals surface area contributed by atoms with Crippen LogP contribution in [0.25, 0.3) is 5.65 Å². The molecular formula is C18H28N8O. The number of likely N-dealkylation sites (N-methyl/N-ethyl adjacent to an activating group) is 1. The van der Waals surface area contributed by atoms with Crippen molar-refractivity contribution in [3.63, 3.8) is 0 Å². The van der Waals surface area contributed by atoms with Gasteiger partial charge in [0.15, 0.2) is 11.5 Å². The number of rotatable bonds is 5. The number of nitrogens with one attached hydrogen (secondary N) is 2. The molecule has 2 aromatic heterocycles. The van der Waals surface area contributed by atoms with Crippen molar-refractivity contribution >= 4 is 17.4 Å². The SMILES string of the molecule is CN1CCN(c2ccc3nnc(CCC(=O)NC4CCNCC4)n3n2)CC1. The Balaban J connectivity index is 1.39. The molecule has 27 heavy (non-hydrogen) atoms. The molecule has 4 heterocycles. The molecule has 0 radical (unpaired) electrons. The van der Waals surface area contributed by atoms with Gasteiger partial charge in [0.2, 0.25) is 5.91 Å². The highest BCUT2D eigenvalue weighted by Gasteiger charge is 2.18. The van der Waals surface area contributed by atoms with E-state index in [4.69, 9.17) is 5.10 Å². The molecule has 2 aliphatic heterocycles.